The maximum atomic E-state index is 13.4. The molecule has 1 atom stereocenters. The van der Waals surface area contributed by atoms with E-state index in [1.54, 1.807) is 4.90 Å². The van der Waals surface area contributed by atoms with Gasteiger partial charge in [-0.05, 0) is 36.8 Å². The van der Waals surface area contributed by atoms with Crippen LogP contribution in [0.5, 0.6) is 5.75 Å². The third-order valence-corrected chi connectivity index (χ3v) is 5.79. The van der Waals surface area contributed by atoms with E-state index < -0.39 is 6.04 Å². The third kappa shape index (κ3) is 6.58. The number of unbranched alkanes of at least 4 members (excludes halogenated alkanes) is 1. The molecule has 0 fully saturated rings. The van der Waals surface area contributed by atoms with E-state index >= 15 is 0 Å². The van der Waals surface area contributed by atoms with Crippen molar-refractivity contribution >= 4 is 22.6 Å². The van der Waals surface area contributed by atoms with Crippen molar-refractivity contribution in [2.45, 2.75) is 52.6 Å². The average molecular weight is 447 g/mol. The molecule has 3 rings (SSSR count). The molecule has 0 heterocycles. The summed E-state index contributed by atoms with van der Waals surface area (Å²) in [6.07, 6.45) is 2.45. The molecule has 3 aromatic rings. The van der Waals surface area contributed by atoms with Crippen LogP contribution in [0.25, 0.3) is 10.8 Å². The first-order valence-corrected chi connectivity index (χ1v) is 11.8. The van der Waals surface area contributed by atoms with E-state index in [1.165, 1.54) is 0 Å². The molecule has 0 radical (unpaired) electrons. The molecule has 5 heteroatoms. The lowest BCUT2D eigenvalue weighted by Gasteiger charge is -2.30. The number of rotatable bonds is 11. The van der Waals surface area contributed by atoms with Gasteiger partial charge in [0.2, 0.25) is 5.91 Å². The van der Waals surface area contributed by atoms with Gasteiger partial charge in [0, 0.05) is 18.5 Å². The number of carbonyl (C=O) groups is 2. The number of fused-ring (bicyclic) bond motifs is 1. The number of carbonyl (C=O) groups excluding carboxylic acids is 2. The largest absolute Gasteiger partial charge is 0.483 e. The van der Waals surface area contributed by atoms with Gasteiger partial charge in [-0.3, -0.25) is 9.59 Å². The van der Waals surface area contributed by atoms with Crippen molar-refractivity contribution in [2.75, 3.05) is 13.2 Å². The van der Waals surface area contributed by atoms with Gasteiger partial charge in [0.1, 0.15) is 11.8 Å². The summed E-state index contributed by atoms with van der Waals surface area (Å²) in [6, 6.07) is 21.2. The Labute approximate surface area is 196 Å². The van der Waals surface area contributed by atoms with Crippen LogP contribution in [0, 0.1) is 6.92 Å². The molecule has 0 aliphatic rings. The van der Waals surface area contributed by atoms with Gasteiger partial charge in [-0.2, -0.15) is 0 Å². The van der Waals surface area contributed by atoms with E-state index in [2.05, 4.69) is 12.2 Å². The van der Waals surface area contributed by atoms with Crippen LogP contribution in [0.2, 0.25) is 0 Å². The lowest BCUT2D eigenvalue weighted by Crippen LogP contribution is -2.50. The molecule has 0 saturated heterocycles. The SMILES string of the molecule is CCCCNC(=O)[C@H](CC)N(Cc1ccc(C)cc1)C(=O)COc1cccc2ccccc12. The fourth-order valence-corrected chi connectivity index (χ4v) is 3.86. The van der Waals surface area contributed by atoms with Gasteiger partial charge in [-0.25, -0.2) is 0 Å². The first-order chi connectivity index (χ1) is 16.0. The number of amides is 2. The van der Waals surface area contributed by atoms with Crippen LogP contribution in [0.15, 0.2) is 66.7 Å². The number of nitrogens with one attached hydrogen (secondary N) is 1. The zero-order valence-corrected chi connectivity index (χ0v) is 19.8. The molecule has 1 N–H and O–H groups in total. The van der Waals surface area contributed by atoms with E-state index in [0.717, 1.165) is 34.7 Å². The lowest BCUT2D eigenvalue weighted by molar-refractivity contribution is -0.142. The summed E-state index contributed by atoms with van der Waals surface area (Å²) >= 11 is 0. The highest BCUT2D eigenvalue weighted by Gasteiger charge is 2.28. The predicted octanol–water partition coefficient (Wildman–Crippen LogP) is 5.25. The van der Waals surface area contributed by atoms with Gasteiger partial charge in [0.25, 0.3) is 5.91 Å². The summed E-state index contributed by atoms with van der Waals surface area (Å²) in [7, 11) is 0. The molecule has 0 aliphatic carbocycles. The molecule has 5 nitrogen and oxygen atoms in total. The van der Waals surface area contributed by atoms with Gasteiger partial charge < -0.3 is 15.0 Å². The Kier molecular flexibility index (Phi) is 8.87. The molecule has 0 aromatic heterocycles. The van der Waals surface area contributed by atoms with Crippen LogP contribution in [0.3, 0.4) is 0 Å². The van der Waals surface area contributed by atoms with Crippen molar-refractivity contribution in [1.82, 2.24) is 10.2 Å². The predicted molar refractivity (Wildman–Crippen MR) is 133 cm³/mol. The van der Waals surface area contributed by atoms with Crippen LogP contribution in [-0.2, 0) is 16.1 Å². The summed E-state index contributed by atoms with van der Waals surface area (Å²) in [6.45, 7) is 6.90. The minimum Gasteiger partial charge on any atom is -0.483 e. The molecule has 174 valence electrons. The van der Waals surface area contributed by atoms with Gasteiger partial charge in [-0.15, -0.1) is 0 Å². The fraction of sp³-hybridized carbons (Fsp3) is 0.357. The van der Waals surface area contributed by atoms with Crippen molar-refractivity contribution < 1.29 is 14.3 Å². The standard InChI is InChI=1S/C28H34N2O3/c1-4-6-18-29-28(32)25(5-2)30(19-22-16-14-21(3)15-17-22)27(31)20-33-26-13-9-11-23-10-7-8-12-24(23)26/h7-17,25H,4-6,18-20H2,1-3H3,(H,29,32)/t25-/m0/s1. The summed E-state index contributed by atoms with van der Waals surface area (Å²) in [5.41, 5.74) is 2.14. The van der Waals surface area contributed by atoms with Gasteiger partial charge >= 0.3 is 0 Å². The van der Waals surface area contributed by atoms with Gasteiger partial charge in [0.05, 0.1) is 0 Å². The lowest BCUT2D eigenvalue weighted by atomic mass is 10.1. The third-order valence-electron chi connectivity index (χ3n) is 5.79. The van der Waals surface area contributed by atoms with Gasteiger partial charge in [-0.1, -0.05) is 86.5 Å². The van der Waals surface area contributed by atoms with Crippen molar-refractivity contribution in [3.05, 3.63) is 77.9 Å². The van der Waals surface area contributed by atoms with Crippen molar-refractivity contribution in [3.8, 4) is 5.75 Å². The topological polar surface area (TPSA) is 58.6 Å². The molecule has 0 spiro atoms. The molecular formula is C28H34N2O3. The highest BCUT2D eigenvalue weighted by molar-refractivity contribution is 5.90. The minimum absolute atomic E-state index is 0.114. The van der Waals surface area contributed by atoms with Crippen LogP contribution < -0.4 is 10.1 Å². The Hall–Kier alpha value is -3.34. The number of benzene rings is 3. The van der Waals surface area contributed by atoms with E-state index in [9.17, 15) is 9.59 Å². The number of aryl methyl sites for hydroxylation is 1. The molecule has 0 aliphatic heterocycles. The molecule has 2 amide bonds. The number of hydrogen-bond acceptors (Lipinski definition) is 3. The summed E-state index contributed by atoms with van der Waals surface area (Å²) < 4.78 is 5.97. The monoisotopic (exact) mass is 446 g/mol. The smallest absolute Gasteiger partial charge is 0.261 e. The Morgan fingerprint density at radius 1 is 0.970 bits per heavy atom. The Bertz CT molecular complexity index is 1060. The second-order valence-electron chi connectivity index (χ2n) is 8.34. The van der Waals surface area contributed by atoms with Crippen LogP contribution in [-0.4, -0.2) is 35.9 Å². The quantitative estimate of drug-likeness (QED) is 0.409. The van der Waals surface area contributed by atoms with Gasteiger partial charge in [0.15, 0.2) is 6.61 Å². The Balaban J connectivity index is 1.79. The second kappa shape index (κ2) is 12.0. The highest BCUT2D eigenvalue weighted by atomic mass is 16.5. The summed E-state index contributed by atoms with van der Waals surface area (Å²) in [5, 5.41) is 5.01. The van der Waals surface area contributed by atoms with Crippen molar-refractivity contribution in [1.29, 1.82) is 0 Å². The molecule has 0 unspecified atom stereocenters. The van der Waals surface area contributed by atoms with E-state index in [-0.39, 0.29) is 18.4 Å². The maximum absolute atomic E-state index is 13.4. The number of ether oxygens (including phenoxy) is 1. The molecular weight excluding hydrogens is 412 g/mol. The van der Waals surface area contributed by atoms with E-state index in [1.807, 2.05) is 80.6 Å². The molecule has 0 bridgehead atoms. The molecule has 3 aromatic carbocycles. The number of hydrogen-bond donors (Lipinski definition) is 1. The second-order valence-corrected chi connectivity index (χ2v) is 8.34. The Morgan fingerprint density at radius 3 is 2.42 bits per heavy atom. The first-order valence-electron chi connectivity index (χ1n) is 11.8. The highest BCUT2D eigenvalue weighted by Crippen LogP contribution is 2.25. The van der Waals surface area contributed by atoms with Crippen LogP contribution in [0.1, 0.15) is 44.2 Å². The summed E-state index contributed by atoms with van der Waals surface area (Å²) in [5.74, 6) is 0.342. The number of nitrogens with zero attached hydrogens (tertiary/aromatic N) is 1. The first kappa shape index (κ1) is 24.3. The van der Waals surface area contributed by atoms with E-state index in [0.29, 0.717) is 25.3 Å². The zero-order chi connectivity index (χ0) is 23.6. The van der Waals surface area contributed by atoms with E-state index in [4.69, 9.17) is 4.74 Å². The molecule has 33 heavy (non-hydrogen) atoms. The minimum atomic E-state index is -0.549. The van der Waals surface area contributed by atoms with Crippen molar-refractivity contribution in [3.63, 3.8) is 0 Å². The van der Waals surface area contributed by atoms with Crippen molar-refractivity contribution in [2.24, 2.45) is 0 Å². The maximum Gasteiger partial charge on any atom is 0.261 e. The molecule has 0 saturated carbocycles. The average Bonchev–Trinajstić information content (AvgIpc) is 2.83. The van der Waals surface area contributed by atoms with Crippen LogP contribution in [0.4, 0.5) is 0 Å². The fourth-order valence-electron chi connectivity index (χ4n) is 3.86. The summed E-state index contributed by atoms with van der Waals surface area (Å²) in [4.78, 5) is 28.0. The normalized spacial score (nSPS) is 11.7. The zero-order valence-electron chi connectivity index (χ0n) is 19.8. The Morgan fingerprint density at radius 2 is 1.70 bits per heavy atom. The van der Waals surface area contributed by atoms with Crippen LogP contribution >= 0.6 is 0 Å².